The highest BCUT2D eigenvalue weighted by molar-refractivity contribution is 7.98. The molecule has 0 aromatic carbocycles. The number of hydrogen-bond acceptors (Lipinski definition) is 5. The molecule has 0 amide bonds. The van der Waals surface area contributed by atoms with E-state index in [4.69, 9.17) is 5.73 Å². The van der Waals surface area contributed by atoms with Crippen molar-refractivity contribution in [3.8, 4) is 0 Å². The largest absolute Gasteiger partial charge is 0.398 e. The summed E-state index contributed by atoms with van der Waals surface area (Å²) in [5.41, 5.74) is 7.96. The van der Waals surface area contributed by atoms with E-state index in [1.165, 1.54) is 18.0 Å². The SMILES string of the molecule is Nc1ccnc(F)c1CSc1nc2c(c(=O)[nH]1)CCC2. The third-order valence-corrected chi connectivity index (χ3v) is 4.21. The molecule has 1 aliphatic carbocycles. The van der Waals surface area contributed by atoms with Gasteiger partial charge in [-0.25, -0.2) is 9.97 Å². The molecule has 0 bridgehead atoms. The summed E-state index contributed by atoms with van der Waals surface area (Å²) in [6.07, 6.45) is 3.90. The van der Waals surface area contributed by atoms with Gasteiger partial charge in [0.1, 0.15) is 0 Å². The van der Waals surface area contributed by atoms with Crippen molar-refractivity contribution in [1.82, 2.24) is 15.0 Å². The lowest BCUT2D eigenvalue weighted by Crippen LogP contribution is -2.15. The Kier molecular flexibility index (Phi) is 3.43. The van der Waals surface area contributed by atoms with Gasteiger partial charge in [-0.2, -0.15) is 4.39 Å². The minimum Gasteiger partial charge on any atom is -0.398 e. The Balaban J connectivity index is 1.83. The topological polar surface area (TPSA) is 84.7 Å². The molecule has 0 radical (unpaired) electrons. The van der Waals surface area contributed by atoms with Crippen LogP contribution in [0.25, 0.3) is 0 Å². The number of aryl methyl sites for hydroxylation is 1. The molecule has 0 saturated heterocycles. The lowest BCUT2D eigenvalue weighted by atomic mass is 10.2. The third-order valence-electron chi connectivity index (χ3n) is 3.31. The molecule has 5 nitrogen and oxygen atoms in total. The molecular weight excluding hydrogens is 279 g/mol. The zero-order valence-corrected chi connectivity index (χ0v) is 11.5. The third kappa shape index (κ3) is 2.40. The van der Waals surface area contributed by atoms with Gasteiger partial charge in [0, 0.05) is 28.8 Å². The van der Waals surface area contributed by atoms with Crippen LogP contribution in [0, 0.1) is 5.95 Å². The van der Waals surface area contributed by atoms with Crippen molar-refractivity contribution in [2.75, 3.05) is 5.73 Å². The molecule has 0 spiro atoms. The van der Waals surface area contributed by atoms with E-state index in [2.05, 4.69) is 15.0 Å². The number of pyridine rings is 1. The molecule has 2 aromatic rings. The van der Waals surface area contributed by atoms with Gasteiger partial charge < -0.3 is 10.7 Å². The van der Waals surface area contributed by atoms with Crippen LogP contribution in [0.4, 0.5) is 10.1 Å². The maximum Gasteiger partial charge on any atom is 0.254 e. The van der Waals surface area contributed by atoms with E-state index in [1.54, 1.807) is 6.07 Å². The van der Waals surface area contributed by atoms with E-state index < -0.39 is 5.95 Å². The number of fused-ring (bicyclic) bond motifs is 1. The quantitative estimate of drug-likeness (QED) is 0.510. The lowest BCUT2D eigenvalue weighted by Gasteiger charge is -2.06. The summed E-state index contributed by atoms with van der Waals surface area (Å²) >= 11 is 1.26. The molecule has 0 saturated carbocycles. The second-order valence-electron chi connectivity index (χ2n) is 4.61. The number of H-pyrrole nitrogens is 1. The van der Waals surface area contributed by atoms with Gasteiger partial charge in [0.25, 0.3) is 5.56 Å². The van der Waals surface area contributed by atoms with Crippen molar-refractivity contribution in [2.45, 2.75) is 30.2 Å². The Hall–Kier alpha value is -1.89. The standard InChI is InChI=1S/C13H13FN4OS/c14-11-8(9(15)4-5-16-11)6-20-13-17-10-3-1-2-7(10)12(19)18-13/h4-5H,1-3,6H2,(H2,15,16)(H,17,18,19). The molecule has 1 aliphatic rings. The Morgan fingerprint density at radius 1 is 1.45 bits per heavy atom. The average molecular weight is 292 g/mol. The minimum absolute atomic E-state index is 0.0883. The molecule has 104 valence electrons. The van der Waals surface area contributed by atoms with Gasteiger partial charge in [-0.1, -0.05) is 11.8 Å². The van der Waals surface area contributed by atoms with Gasteiger partial charge in [0.05, 0.1) is 5.69 Å². The first-order chi connectivity index (χ1) is 9.65. The molecule has 2 heterocycles. The number of halogens is 1. The molecular formula is C13H13FN4OS. The van der Waals surface area contributed by atoms with Gasteiger partial charge in [0.15, 0.2) is 5.16 Å². The van der Waals surface area contributed by atoms with Crippen molar-refractivity contribution in [1.29, 1.82) is 0 Å². The van der Waals surface area contributed by atoms with Crippen molar-refractivity contribution in [3.05, 3.63) is 45.4 Å². The van der Waals surface area contributed by atoms with Crippen LogP contribution in [0.5, 0.6) is 0 Å². The van der Waals surface area contributed by atoms with E-state index in [0.717, 1.165) is 30.5 Å². The van der Waals surface area contributed by atoms with Crippen LogP contribution < -0.4 is 11.3 Å². The van der Waals surface area contributed by atoms with Gasteiger partial charge >= 0.3 is 0 Å². The van der Waals surface area contributed by atoms with Crippen molar-refractivity contribution in [3.63, 3.8) is 0 Å². The summed E-state index contributed by atoms with van der Waals surface area (Å²) in [5, 5.41) is 0.498. The maximum absolute atomic E-state index is 13.6. The van der Waals surface area contributed by atoms with E-state index >= 15 is 0 Å². The predicted octanol–water partition coefficient (Wildman–Crippen LogP) is 1.67. The molecule has 7 heteroatoms. The van der Waals surface area contributed by atoms with E-state index in [1.807, 2.05) is 0 Å². The smallest absolute Gasteiger partial charge is 0.254 e. The summed E-state index contributed by atoms with van der Waals surface area (Å²) in [4.78, 5) is 22.6. The number of thioether (sulfide) groups is 1. The lowest BCUT2D eigenvalue weighted by molar-refractivity contribution is 0.574. The highest BCUT2D eigenvalue weighted by Crippen LogP contribution is 2.25. The summed E-state index contributed by atoms with van der Waals surface area (Å²) in [6.45, 7) is 0. The number of nitrogens with zero attached hydrogens (tertiary/aromatic N) is 2. The van der Waals surface area contributed by atoms with Crippen LogP contribution in [0.1, 0.15) is 23.2 Å². The van der Waals surface area contributed by atoms with Crippen molar-refractivity contribution in [2.24, 2.45) is 0 Å². The van der Waals surface area contributed by atoms with Gasteiger partial charge in [0.2, 0.25) is 5.95 Å². The minimum atomic E-state index is -0.582. The Labute approximate surface area is 118 Å². The molecule has 0 fully saturated rings. The van der Waals surface area contributed by atoms with Crippen LogP contribution in [-0.4, -0.2) is 15.0 Å². The zero-order chi connectivity index (χ0) is 14.1. The summed E-state index contributed by atoms with van der Waals surface area (Å²) in [7, 11) is 0. The average Bonchev–Trinajstić information content (AvgIpc) is 2.87. The Bertz CT molecular complexity index is 696. The number of nitrogen functional groups attached to an aromatic ring is 1. The fourth-order valence-corrected chi connectivity index (χ4v) is 3.16. The van der Waals surface area contributed by atoms with Crippen LogP contribution >= 0.6 is 11.8 Å². The highest BCUT2D eigenvalue weighted by Gasteiger charge is 2.17. The molecule has 0 aliphatic heterocycles. The number of hydrogen-bond donors (Lipinski definition) is 2. The van der Waals surface area contributed by atoms with Gasteiger partial charge in [-0.15, -0.1) is 0 Å². The number of nitrogens with one attached hydrogen (secondary N) is 1. The molecule has 0 unspecified atom stereocenters. The number of anilines is 1. The fraction of sp³-hybridized carbons (Fsp3) is 0.308. The molecule has 20 heavy (non-hydrogen) atoms. The van der Waals surface area contributed by atoms with E-state index in [0.29, 0.717) is 16.4 Å². The monoisotopic (exact) mass is 292 g/mol. The van der Waals surface area contributed by atoms with Crippen LogP contribution in [-0.2, 0) is 18.6 Å². The van der Waals surface area contributed by atoms with Crippen LogP contribution in [0.3, 0.4) is 0 Å². The van der Waals surface area contributed by atoms with Gasteiger partial charge in [-0.3, -0.25) is 4.79 Å². The Morgan fingerprint density at radius 2 is 2.30 bits per heavy atom. The van der Waals surface area contributed by atoms with E-state index in [-0.39, 0.29) is 11.3 Å². The number of aromatic nitrogens is 3. The van der Waals surface area contributed by atoms with Crippen LogP contribution in [0.15, 0.2) is 22.2 Å². The number of aromatic amines is 1. The normalized spacial score (nSPS) is 13.4. The first-order valence-electron chi connectivity index (χ1n) is 6.29. The number of rotatable bonds is 3. The second-order valence-corrected chi connectivity index (χ2v) is 5.57. The molecule has 0 atom stereocenters. The first-order valence-corrected chi connectivity index (χ1v) is 7.27. The van der Waals surface area contributed by atoms with Crippen LogP contribution in [0.2, 0.25) is 0 Å². The summed E-state index contributed by atoms with van der Waals surface area (Å²) < 4.78 is 13.6. The predicted molar refractivity (Wildman–Crippen MR) is 75.1 cm³/mol. The second kappa shape index (κ2) is 5.24. The van der Waals surface area contributed by atoms with Crippen molar-refractivity contribution >= 4 is 17.4 Å². The summed E-state index contributed by atoms with van der Waals surface area (Å²) in [6, 6.07) is 1.55. The fourth-order valence-electron chi connectivity index (χ4n) is 2.25. The highest BCUT2D eigenvalue weighted by atomic mass is 32.2. The molecule has 2 aromatic heterocycles. The first kappa shape index (κ1) is 13.1. The number of nitrogens with two attached hydrogens (primary N) is 1. The maximum atomic E-state index is 13.6. The Morgan fingerprint density at radius 3 is 3.10 bits per heavy atom. The zero-order valence-electron chi connectivity index (χ0n) is 10.6. The molecule has 3 N–H and O–H groups in total. The van der Waals surface area contributed by atoms with Crippen molar-refractivity contribution < 1.29 is 4.39 Å². The summed E-state index contributed by atoms with van der Waals surface area (Å²) in [5.74, 6) is -0.297. The van der Waals surface area contributed by atoms with Gasteiger partial charge in [-0.05, 0) is 25.3 Å². The van der Waals surface area contributed by atoms with E-state index in [9.17, 15) is 9.18 Å². The molecule has 3 rings (SSSR count).